The smallest absolute Gasteiger partial charge is 0.268 e. The maximum atomic E-state index is 12.9. The second kappa shape index (κ2) is 40.6. The first-order chi connectivity index (χ1) is 27.5. The minimum Gasteiger partial charge on any atom is -0.756 e. The Morgan fingerprint density at radius 1 is 0.596 bits per heavy atom. The Balaban J connectivity index is 4.15. The number of phosphoric acid groups is 1. The fraction of sp³-hybridized carbons (Fsp3) is 0.938. The summed E-state index contributed by atoms with van der Waals surface area (Å²) in [5.41, 5.74) is 0. The highest BCUT2D eigenvalue weighted by molar-refractivity contribution is 7.45. The molecule has 0 fully saturated rings. The van der Waals surface area contributed by atoms with Gasteiger partial charge in [0.2, 0.25) is 5.91 Å². The number of aliphatic hydroxyl groups excluding tert-OH is 1. The minimum absolute atomic E-state index is 0.00205. The maximum Gasteiger partial charge on any atom is 0.268 e. The third kappa shape index (κ3) is 43.1. The molecule has 3 atom stereocenters. The van der Waals surface area contributed by atoms with Crippen LogP contribution in [0.15, 0.2) is 12.2 Å². The van der Waals surface area contributed by atoms with Gasteiger partial charge in [0, 0.05) is 6.42 Å². The highest BCUT2D eigenvalue weighted by Crippen LogP contribution is 2.38. The first-order valence-electron chi connectivity index (χ1n) is 24.6. The van der Waals surface area contributed by atoms with E-state index in [1.165, 1.54) is 180 Å². The predicted octanol–water partition coefficient (Wildman–Crippen LogP) is 13.3. The van der Waals surface area contributed by atoms with E-state index in [-0.39, 0.29) is 19.1 Å². The molecule has 0 aromatic heterocycles. The number of hydrogen-bond donors (Lipinski definition) is 2. The van der Waals surface area contributed by atoms with Crippen LogP contribution in [0.2, 0.25) is 0 Å². The Morgan fingerprint density at radius 3 is 1.32 bits per heavy atom. The summed E-state index contributed by atoms with van der Waals surface area (Å²) in [5, 5.41) is 13.8. The molecular formula is C48H97N2O6P. The van der Waals surface area contributed by atoms with Crippen molar-refractivity contribution in [3.8, 4) is 0 Å². The van der Waals surface area contributed by atoms with Gasteiger partial charge in [-0.3, -0.25) is 9.36 Å². The molecule has 0 heterocycles. The number of aliphatic hydroxyl groups is 1. The summed E-state index contributed by atoms with van der Waals surface area (Å²) in [4.78, 5) is 25.3. The van der Waals surface area contributed by atoms with Crippen LogP contribution < -0.4 is 10.2 Å². The van der Waals surface area contributed by atoms with Crippen molar-refractivity contribution >= 4 is 13.7 Å². The predicted molar refractivity (Wildman–Crippen MR) is 242 cm³/mol. The van der Waals surface area contributed by atoms with Crippen LogP contribution in [0.1, 0.15) is 239 Å². The molecule has 3 unspecified atom stereocenters. The van der Waals surface area contributed by atoms with Gasteiger partial charge in [0.15, 0.2) is 0 Å². The Labute approximate surface area is 354 Å². The number of rotatable bonds is 45. The van der Waals surface area contributed by atoms with E-state index in [0.717, 1.165) is 38.5 Å². The van der Waals surface area contributed by atoms with Crippen LogP contribution in [-0.4, -0.2) is 68.5 Å². The van der Waals surface area contributed by atoms with Crippen LogP contribution in [0, 0.1) is 0 Å². The number of likely N-dealkylation sites (N-methyl/N-ethyl adjacent to an activating group) is 1. The fourth-order valence-electron chi connectivity index (χ4n) is 7.33. The maximum absolute atomic E-state index is 12.9. The van der Waals surface area contributed by atoms with Crippen molar-refractivity contribution in [1.82, 2.24) is 5.32 Å². The number of nitrogens with one attached hydrogen (secondary N) is 1. The second-order valence-electron chi connectivity index (χ2n) is 18.2. The van der Waals surface area contributed by atoms with Crippen LogP contribution in [-0.2, 0) is 18.4 Å². The van der Waals surface area contributed by atoms with Crippen LogP contribution >= 0.6 is 7.82 Å². The van der Waals surface area contributed by atoms with Crippen molar-refractivity contribution in [1.29, 1.82) is 0 Å². The molecule has 340 valence electrons. The molecular weight excluding hydrogens is 732 g/mol. The molecule has 0 bridgehead atoms. The fourth-order valence-corrected chi connectivity index (χ4v) is 8.05. The lowest BCUT2D eigenvalue weighted by molar-refractivity contribution is -0.870. The number of phosphoric ester groups is 1. The molecule has 0 aromatic rings. The zero-order chi connectivity index (χ0) is 42.1. The average Bonchev–Trinajstić information content (AvgIpc) is 3.16. The first kappa shape index (κ1) is 56.2. The topological polar surface area (TPSA) is 108 Å². The van der Waals surface area contributed by atoms with Gasteiger partial charge < -0.3 is 28.8 Å². The first-order valence-corrected chi connectivity index (χ1v) is 26.0. The molecule has 2 N–H and O–H groups in total. The zero-order valence-corrected chi connectivity index (χ0v) is 39.5. The Kier molecular flexibility index (Phi) is 40.1. The summed E-state index contributed by atoms with van der Waals surface area (Å²) in [6, 6.07) is -0.879. The Hall–Kier alpha value is -0.760. The van der Waals surface area contributed by atoms with E-state index in [4.69, 9.17) is 9.05 Å². The number of nitrogens with zero attached hydrogens (tertiary/aromatic N) is 1. The van der Waals surface area contributed by atoms with Crippen LogP contribution in [0.25, 0.3) is 0 Å². The van der Waals surface area contributed by atoms with Crippen molar-refractivity contribution in [3.63, 3.8) is 0 Å². The van der Waals surface area contributed by atoms with Gasteiger partial charge in [-0.25, -0.2) is 0 Å². The third-order valence-corrected chi connectivity index (χ3v) is 12.2. The molecule has 0 aromatic carbocycles. The highest BCUT2D eigenvalue weighted by Gasteiger charge is 2.23. The van der Waals surface area contributed by atoms with E-state index >= 15 is 0 Å². The number of unbranched alkanes of at least 4 members (excludes halogenated alkanes) is 32. The number of amides is 1. The monoisotopic (exact) mass is 829 g/mol. The number of carbonyl (C=O) groups is 1. The summed E-state index contributed by atoms with van der Waals surface area (Å²) in [7, 11) is 1.27. The van der Waals surface area contributed by atoms with E-state index in [1.807, 2.05) is 27.2 Å². The number of quaternary nitrogens is 1. The minimum atomic E-state index is -4.58. The molecule has 8 nitrogen and oxygen atoms in total. The van der Waals surface area contributed by atoms with Crippen LogP contribution in [0.4, 0.5) is 0 Å². The zero-order valence-electron chi connectivity index (χ0n) is 38.6. The molecule has 0 aliphatic carbocycles. The van der Waals surface area contributed by atoms with Gasteiger partial charge in [0.25, 0.3) is 7.82 Å². The summed E-state index contributed by atoms with van der Waals surface area (Å²) in [6.45, 7) is 4.66. The van der Waals surface area contributed by atoms with Crippen molar-refractivity contribution in [3.05, 3.63) is 12.2 Å². The molecule has 0 saturated heterocycles. The van der Waals surface area contributed by atoms with Gasteiger partial charge >= 0.3 is 0 Å². The third-order valence-electron chi connectivity index (χ3n) is 11.2. The molecule has 57 heavy (non-hydrogen) atoms. The largest absolute Gasteiger partial charge is 0.756 e. The molecule has 0 radical (unpaired) electrons. The molecule has 0 aliphatic heterocycles. The second-order valence-corrected chi connectivity index (χ2v) is 19.6. The van der Waals surface area contributed by atoms with Crippen molar-refractivity contribution < 1.29 is 32.9 Å². The van der Waals surface area contributed by atoms with Crippen LogP contribution in [0.3, 0.4) is 0 Å². The lowest BCUT2D eigenvalue weighted by atomic mass is 10.0. The number of carbonyl (C=O) groups excluding carboxylic acids is 1. The van der Waals surface area contributed by atoms with E-state index in [1.54, 1.807) is 6.08 Å². The van der Waals surface area contributed by atoms with Gasteiger partial charge in [0.1, 0.15) is 13.2 Å². The highest BCUT2D eigenvalue weighted by atomic mass is 31.2. The van der Waals surface area contributed by atoms with Gasteiger partial charge in [-0.15, -0.1) is 0 Å². The molecule has 0 spiro atoms. The van der Waals surface area contributed by atoms with Gasteiger partial charge in [0.05, 0.1) is 39.9 Å². The lowest BCUT2D eigenvalue weighted by Crippen LogP contribution is -2.45. The van der Waals surface area contributed by atoms with Crippen molar-refractivity contribution in [2.45, 2.75) is 251 Å². The Bertz CT molecular complexity index is 942. The Morgan fingerprint density at radius 2 is 0.947 bits per heavy atom. The summed E-state index contributed by atoms with van der Waals surface area (Å²) in [6.07, 6.45) is 47.0. The molecule has 9 heteroatoms. The molecule has 0 aliphatic rings. The summed E-state index contributed by atoms with van der Waals surface area (Å²) in [5.74, 6) is -0.194. The van der Waals surface area contributed by atoms with Crippen molar-refractivity contribution in [2.24, 2.45) is 0 Å². The van der Waals surface area contributed by atoms with Gasteiger partial charge in [-0.05, 0) is 19.3 Å². The van der Waals surface area contributed by atoms with Gasteiger partial charge in [-0.2, -0.15) is 0 Å². The molecule has 0 rings (SSSR count). The van der Waals surface area contributed by atoms with E-state index in [2.05, 4.69) is 19.2 Å². The number of hydrogen-bond acceptors (Lipinski definition) is 6. The van der Waals surface area contributed by atoms with E-state index < -0.39 is 20.0 Å². The standard InChI is InChI=1S/C48H97N2O6P/c1-6-8-10-12-14-16-18-19-20-21-22-23-24-25-26-27-28-29-30-32-34-36-38-40-42-48(52)49-46(45-56-57(53,54)55-44-43-50(3,4)5)47(51)41-39-37-35-33-31-17-15-13-11-9-7-2/h39,41,46-47,51H,6-38,40,42-45H2,1-5H3,(H-,49,52,53,54)/b41-39+. The summed E-state index contributed by atoms with van der Waals surface area (Å²) < 4.78 is 23.2. The lowest BCUT2D eigenvalue weighted by Gasteiger charge is -2.29. The van der Waals surface area contributed by atoms with Crippen molar-refractivity contribution in [2.75, 3.05) is 40.9 Å². The average molecular weight is 829 g/mol. The molecule has 0 saturated carbocycles. The molecule has 1 amide bonds. The SMILES string of the molecule is CCCCCCCCCCC/C=C/C(O)C(COP(=O)([O-])OCC[N+](C)(C)C)NC(=O)CCCCCCCCCCCCCCCCCCCCCCCCCC. The van der Waals surface area contributed by atoms with Gasteiger partial charge in [-0.1, -0.05) is 225 Å². The normalized spacial score (nSPS) is 14.3. The number of allylic oxidation sites excluding steroid dienone is 1. The van der Waals surface area contributed by atoms with E-state index in [0.29, 0.717) is 17.4 Å². The quantitative estimate of drug-likeness (QED) is 0.0274. The van der Waals surface area contributed by atoms with Crippen LogP contribution in [0.5, 0.6) is 0 Å². The van der Waals surface area contributed by atoms with E-state index in [9.17, 15) is 19.4 Å². The summed E-state index contributed by atoms with van der Waals surface area (Å²) >= 11 is 0.